The Labute approximate surface area is 140 Å². The van der Waals surface area contributed by atoms with Crippen LogP contribution in [-0.2, 0) is 13.0 Å². The Balaban J connectivity index is 1.50. The van der Waals surface area contributed by atoms with Crippen LogP contribution in [-0.4, -0.2) is 32.2 Å². The molecule has 0 aromatic carbocycles. The summed E-state index contributed by atoms with van der Waals surface area (Å²) in [7, 11) is 0. The maximum absolute atomic E-state index is 12.1. The molecule has 1 amide bonds. The summed E-state index contributed by atoms with van der Waals surface area (Å²) in [5.74, 6) is 0.908. The number of rotatable bonds is 7. The highest BCUT2D eigenvalue weighted by Gasteiger charge is 2.13. The molecule has 2 N–H and O–H groups in total. The highest BCUT2D eigenvalue weighted by atomic mass is 16.3. The number of hydrogen-bond donors (Lipinski definition) is 2. The van der Waals surface area contributed by atoms with E-state index in [4.69, 9.17) is 4.42 Å². The molecular formula is C17H21N5O2. The Morgan fingerprint density at radius 2 is 2.25 bits per heavy atom. The standard InChI is InChI=1S/C17H21N5O2/c1-12-15(13(2)21-20-12)10-14-4-5-16(24-14)17(23)19-6-3-8-22-9-7-18-11-22/h4-5,7,9,11H,3,6,8,10H2,1-2H3,(H,19,23)(H,20,21). The monoisotopic (exact) mass is 327 g/mol. The SMILES string of the molecule is Cc1n[nH]c(C)c1Cc1ccc(C(=O)NCCCn2ccnc2)o1. The average molecular weight is 327 g/mol. The number of amides is 1. The lowest BCUT2D eigenvalue weighted by atomic mass is 10.1. The minimum atomic E-state index is -0.187. The van der Waals surface area contributed by atoms with Crippen LogP contribution in [0.2, 0.25) is 0 Å². The van der Waals surface area contributed by atoms with Crippen LogP contribution in [0.15, 0.2) is 35.3 Å². The second kappa shape index (κ2) is 7.16. The van der Waals surface area contributed by atoms with Gasteiger partial charge in [0.1, 0.15) is 5.76 Å². The predicted octanol–water partition coefficient (Wildman–Crippen LogP) is 2.23. The lowest BCUT2D eigenvalue weighted by Crippen LogP contribution is -2.24. The van der Waals surface area contributed by atoms with Gasteiger partial charge in [0.25, 0.3) is 5.91 Å². The number of nitrogens with one attached hydrogen (secondary N) is 2. The fraction of sp³-hybridized carbons (Fsp3) is 0.353. The number of nitrogens with zero attached hydrogens (tertiary/aromatic N) is 3. The van der Waals surface area contributed by atoms with Crippen LogP contribution in [0, 0.1) is 13.8 Å². The lowest BCUT2D eigenvalue weighted by molar-refractivity contribution is 0.0923. The molecule has 0 saturated carbocycles. The minimum Gasteiger partial charge on any atom is -0.456 e. The van der Waals surface area contributed by atoms with Gasteiger partial charge in [-0.3, -0.25) is 9.89 Å². The predicted molar refractivity (Wildman–Crippen MR) is 88.8 cm³/mol. The molecule has 7 heteroatoms. The van der Waals surface area contributed by atoms with Crippen LogP contribution in [0.4, 0.5) is 0 Å². The number of hydrogen-bond acceptors (Lipinski definition) is 4. The second-order valence-electron chi connectivity index (χ2n) is 5.77. The molecule has 24 heavy (non-hydrogen) atoms. The molecule has 3 aromatic rings. The van der Waals surface area contributed by atoms with Gasteiger partial charge in [0.05, 0.1) is 12.0 Å². The second-order valence-corrected chi connectivity index (χ2v) is 5.77. The van der Waals surface area contributed by atoms with Crippen LogP contribution in [0.5, 0.6) is 0 Å². The van der Waals surface area contributed by atoms with E-state index in [1.54, 1.807) is 18.6 Å². The average Bonchev–Trinajstić information content (AvgIpc) is 3.30. The molecule has 0 bridgehead atoms. The molecule has 0 fully saturated rings. The Morgan fingerprint density at radius 1 is 1.38 bits per heavy atom. The molecule has 0 unspecified atom stereocenters. The van der Waals surface area contributed by atoms with Gasteiger partial charge in [-0.05, 0) is 32.4 Å². The van der Waals surface area contributed by atoms with Gasteiger partial charge in [0.2, 0.25) is 0 Å². The van der Waals surface area contributed by atoms with E-state index in [1.807, 2.05) is 30.7 Å². The van der Waals surface area contributed by atoms with E-state index in [0.717, 1.165) is 35.7 Å². The number of H-pyrrole nitrogens is 1. The molecule has 0 saturated heterocycles. The first-order valence-corrected chi connectivity index (χ1v) is 7.96. The third-order valence-electron chi connectivity index (χ3n) is 3.96. The van der Waals surface area contributed by atoms with Gasteiger partial charge in [-0.25, -0.2) is 4.98 Å². The number of carbonyl (C=O) groups excluding carboxylic acids is 1. The zero-order valence-electron chi connectivity index (χ0n) is 13.9. The number of furan rings is 1. The van der Waals surface area contributed by atoms with E-state index in [1.165, 1.54) is 0 Å². The lowest BCUT2D eigenvalue weighted by Gasteiger charge is -2.04. The zero-order valence-corrected chi connectivity index (χ0v) is 13.9. The van der Waals surface area contributed by atoms with E-state index < -0.39 is 0 Å². The first-order valence-electron chi connectivity index (χ1n) is 7.96. The van der Waals surface area contributed by atoms with Crippen molar-refractivity contribution in [2.45, 2.75) is 33.2 Å². The summed E-state index contributed by atoms with van der Waals surface area (Å²) in [5.41, 5.74) is 3.08. The van der Waals surface area contributed by atoms with Gasteiger partial charge in [0.15, 0.2) is 5.76 Å². The topological polar surface area (TPSA) is 88.7 Å². The van der Waals surface area contributed by atoms with Crippen molar-refractivity contribution in [2.24, 2.45) is 0 Å². The molecule has 0 aliphatic carbocycles. The number of aromatic nitrogens is 4. The van der Waals surface area contributed by atoms with E-state index in [9.17, 15) is 4.79 Å². The van der Waals surface area contributed by atoms with Gasteiger partial charge in [0, 0.05) is 43.2 Å². The first-order chi connectivity index (χ1) is 11.6. The van der Waals surface area contributed by atoms with Gasteiger partial charge in [-0.1, -0.05) is 0 Å². The molecule has 0 atom stereocenters. The maximum Gasteiger partial charge on any atom is 0.286 e. The summed E-state index contributed by atoms with van der Waals surface area (Å²) in [4.78, 5) is 16.1. The summed E-state index contributed by atoms with van der Waals surface area (Å²) in [6, 6.07) is 3.55. The molecule has 3 heterocycles. The molecule has 0 spiro atoms. The molecule has 3 rings (SSSR count). The molecule has 7 nitrogen and oxygen atoms in total. The van der Waals surface area contributed by atoms with Crippen molar-refractivity contribution < 1.29 is 9.21 Å². The fourth-order valence-corrected chi connectivity index (χ4v) is 2.57. The maximum atomic E-state index is 12.1. The van der Waals surface area contributed by atoms with E-state index >= 15 is 0 Å². The summed E-state index contributed by atoms with van der Waals surface area (Å²) < 4.78 is 7.64. The van der Waals surface area contributed by atoms with Crippen molar-refractivity contribution in [2.75, 3.05) is 6.54 Å². The van der Waals surface area contributed by atoms with E-state index in [2.05, 4.69) is 20.5 Å². The van der Waals surface area contributed by atoms with Crippen molar-refractivity contribution in [3.8, 4) is 0 Å². The highest BCUT2D eigenvalue weighted by molar-refractivity contribution is 5.91. The van der Waals surface area contributed by atoms with Crippen molar-refractivity contribution in [3.05, 3.63) is 59.3 Å². The Morgan fingerprint density at radius 3 is 2.96 bits per heavy atom. The third-order valence-corrected chi connectivity index (χ3v) is 3.96. The molecule has 126 valence electrons. The van der Waals surface area contributed by atoms with Crippen LogP contribution in [0.25, 0.3) is 0 Å². The van der Waals surface area contributed by atoms with Crippen molar-refractivity contribution in [3.63, 3.8) is 0 Å². The summed E-state index contributed by atoms with van der Waals surface area (Å²) in [6.45, 7) is 5.34. The Bertz CT molecular complexity index is 781. The van der Waals surface area contributed by atoms with Crippen molar-refractivity contribution >= 4 is 5.91 Å². The summed E-state index contributed by atoms with van der Waals surface area (Å²) >= 11 is 0. The summed E-state index contributed by atoms with van der Waals surface area (Å²) in [5, 5.41) is 10.00. The Hall–Kier alpha value is -2.83. The molecule has 0 aliphatic rings. The quantitative estimate of drug-likeness (QED) is 0.651. The van der Waals surface area contributed by atoms with E-state index in [0.29, 0.717) is 18.7 Å². The number of carbonyl (C=O) groups is 1. The van der Waals surface area contributed by atoms with Gasteiger partial charge >= 0.3 is 0 Å². The number of aryl methyl sites for hydroxylation is 3. The van der Waals surface area contributed by atoms with Crippen LogP contribution in [0.3, 0.4) is 0 Å². The molecule has 3 aromatic heterocycles. The van der Waals surface area contributed by atoms with Gasteiger partial charge < -0.3 is 14.3 Å². The highest BCUT2D eigenvalue weighted by Crippen LogP contribution is 2.17. The Kier molecular flexibility index (Phi) is 4.79. The van der Waals surface area contributed by atoms with Crippen LogP contribution >= 0.6 is 0 Å². The largest absolute Gasteiger partial charge is 0.456 e. The number of imidazole rings is 1. The third kappa shape index (κ3) is 3.73. The van der Waals surface area contributed by atoms with Crippen LogP contribution < -0.4 is 5.32 Å². The van der Waals surface area contributed by atoms with E-state index in [-0.39, 0.29) is 5.91 Å². The zero-order chi connectivity index (χ0) is 16.9. The number of aromatic amines is 1. The van der Waals surface area contributed by atoms with Crippen molar-refractivity contribution in [1.82, 2.24) is 25.1 Å². The van der Waals surface area contributed by atoms with Crippen LogP contribution in [0.1, 0.15) is 39.7 Å². The normalized spacial score (nSPS) is 10.9. The molecule has 0 radical (unpaired) electrons. The summed E-state index contributed by atoms with van der Waals surface area (Å²) in [6.07, 6.45) is 6.87. The van der Waals surface area contributed by atoms with Crippen molar-refractivity contribution in [1.29, 1.82) is 0 Å². The smallest absolute Gasteiger partial charge is 0.286 e. The fourth-order valence-electron chi connectivity index (χ4n) is 2.57. The van der Waals surface area contributed by atoms with Gasteiger partial charge in [-0.2, -0.15) is 5.10 Å². The molecular weight excluding hydrogens is 306 g/mol. The first kappa shape index (κ1) is 16.0. The molecule has 0 aliphatic heterocycles. The minimum absolute atomic E-state index is 0.187. The van der Waals surface area contributed by atoms with Gasteiger partial charge in [-0.15, -0.1) is 0 Å².